The van der Waals surface area contributed by atoms with Gasteiger partial charge in [0.1, 0.15) is 0 Å². The van der Waals surface area contributed by atoms with Gasteiger partial charge in [-0.2, -0.15) is 10.4 Å². The number of nitrogens with one attached hydrogen (secondary N) is 1. The fourth-order valence-corrected chi connectivity index (χ4v) is 7.10. The molecule has 0 aliphatic heterocycles. The molecule has 0 spiro atoms. The zero-order valence-corrected chi connectivity index (χ0v) is 19.1. The number of rotatable bonds is 8. The SMILES string of the molecule is Cc1c(C(=O)NC23CC4CC(CC(C4)C2)C3)nn(CCCCCC#N)c1-c1ccccc1. The van der Waals surface area contributed by atoms with Crippen LogP contribution in [-0.2, 0) is 6.54 Å². The van der Waals surface area contributed by atoms with Crippen LogP contribution in [0.5, 0.6) is 0 Å². The van der Waals surface area contributed by atoms with Crippen LogP contribution in [0.3, 0.4) is 0 Å². The normalized spacial score (nSPS) is 27.9. The number of hydrogen-bond acceptors (Lipinski definition) is 3. The van der Waals surface area contributed by atoms with Gasteiger partial charge in [0.15, 0.2) is 5.69 Å². The largest absolute Gasteiger partial charge is 0.345 e. The highest BCUT2D eigenvalue weighted by Crippen LogP contribution is 2.55. The number of aromatic nitrogens is 2. The van der Waals surface area contributed by atoms with E-state index in [-0.39, 0.29) is 11.4 Å². The number of aryl methyl sites for hydroxylation is 1. The van der Waals surface area contributed by atoms with Crippen molar-refractivity contribution in [1.29, 1.82) is 5.26 Å². The van der Waals surface area contributed by atoms with Crippen molar-refractivity contribution < 1.29 is 4.79 Å². The summed E-state index contributed by atoms with van der Waals surface area (Å²) < 4.78 is 2.02. The van der Waals surface area contributed by atoms with Crippen molar-refractivity contribution in [1.82, 2.24) is 15.1 Å². The molecule has 0 unspecified atom stereocenters. The van der Waals surface area contributed by atoms with Crippen LogP contribution in [0.2, 0.25) is 0 Å². The van der Waals surface area contributed by atoms with E-state index in [1.165, 1.54) is 19.3 Å². The van der Waals surface area contributed by atoms with E-state index >= 15 is 0 Å². The van der Waals surface area contributed by atoms with Crippen LogP contribution in [0.25, 0.3) is 11.3 Å². The quantitative estimate of drug-likeness (QED) is 0.551. The smallest absolute Gasteiger partial charge is 0.272 e. The van der Waals surface area contributed by atoms with E-state index in [9.17, 15) is 4.79 Å². The van der Waals surface area contributed by atoms with Gasteiger partial charge in [0, 0.05) is 29.6 Å². The molecule has 4 saturated carbocycles. The van der Waals surface area contributed by atoms with Gasteiger partial charge in [0.05, 0.1) is 11.8 Å². The zero-order chi connectivity index (χ0) is 22.1. The summed E-state index contributed by atoms with van der Waals surface area (Å²) in [5, 5.41) is 17.1. The lowest BCUT2D eigenvalue weighted by Crippen LogP contribution is -2.59. The van der Waals surface area contributed by atoms with Crippen LogP contribution in [-0.4, -0.2) is 21.2 Å². The predicted octanol–water partition coefficient (Wildman–Crippen LogP) is 5.64. The van der Waals surface area contributed by atoms with E-state index in [1.54, 1.807) is 0 Å². The first-order chi connectivity index (χ1) is 15.6. The first-order valence-corrected chi connectivity index (χ1v) is 12.4. The summed E-state index contributed by atoms with van der Waals surface area (Å²) in [6, 6.07) is 12.5. The minimum atomic E-state index is -0.00768. The molecule has 0 radical (unpaired) electrons. The minimum absolute atomic E-state index is 0.00450. The monoisotopic (exact) mass is 430 g/mol. The number of nitriles is 1. The fourth-order valence-electron chi connectivity index (χ4n) is 7.10. The lowest BCUT2D eigenvalue weighted by molar-refractivity contribution is -0.0168. The van der Waals surface area contributed by atoms with Crippen molar-refractivity contribution >= 4 is 5.91 Å². The number of unbranched alkanes of at least 4 members (excludes halogenated alkanes) is 3. The molecule has 32 heavy (non-hydrogen) atoms. The van der Waals surface area contributed by atoms with Gasteiger partial charge in [0.25, 0.3) is 5.91 Å². The van der Waals surface area contributed by atoms with Crippen molar-refractivity contribution in [3.63, 3.8) is 0 Å². The molecule has 4 bridgehead atoms. The van der Waals surface area contributed by atoms with Gasteiger partial charge >= 0.3 is 0 Å². The van der Waals surface area contributed by atoms with E-state index in [1.807, 2.05) is 29.8 Å². The van der Waals surface area contributed by atoms with Crippen molar-refractivity contribution in [2.75, 3.05) is 0 Å². The Kier molecular flexibility index (Phi) is 5.80. The number of nitrogens with zero attached hydrogens (tertiary/aromatic N) is 3. The molecule has 2 aromatic rings. The summed E-state index contributed by atoms with van der Waals surface area (Å²) in [5.41, 5.74) is 3.68. The maximum Gasteiger partial charge on any atom is 0.272 e. The summed E-state index contributed by atoms with van der Waals surface area (Å²) in [7, 11) is 0. The molecule has 0 saturated heterocycles. The Bertz CT molecular complexity index is 981. The first kappa shape index (κ1) is 21.2. The second-order valence-corrected chi connectivity index (χ2v) is 10.5. The van der Waals surface area contributed by atoms with Gasteiger partial charge in [0.2, 0.25) is 0 Å². The number of hydrogen-bond donors (Lipinski definition) is 1. The third-order valence-corrected chi connectivity index (χ3v) is 8.03. The second-order valence-electron chi connectivity index (χ2n) is 10.5. The molecule has 1 aromatic carbocycles. The highest BCUT2D eigenvalue weighted by atomic mass is 16.2. The summed E-state index contributed by atoms with van der Waals surface area (Å²) in [6.07, 6.45) is 11.0. The Hall–Kier alpha value is -2.61. The Morgan fingerprint density at radius 3 is 2.38 bits per heavy atom. The fraction of sp³-hybridized carbons (Fsp3) is 0.593. The summed E-state index contributed by atoms with van der Waals surface area (Å²) in [6.45, 7) is 2.80. The number of benzene rings is 1. The van der Waals surface area contributed by atoms with Crippen LogP contribution < -0.4 is 5.32 Å². The predicted molar refractivity (Wildman–Crippen MR) is 125 cm³/mol. The Morgan fingerprint density at radius 1 is 1.09 bits per heavy atom. The highest BCUT2D eigenvalue weighted by Gasteiger charge is 2.51. The van der Waals surface area contributed by atoms with Gasteiger partial charge in [-0.3, -0.25) is 9.48 Å². The van der Waals surface area contributed by atoms with Gasteiger partial charge in [-0.1, -0.05) is 36.8 Å². The Morgan fingerprint density at radius 2 is 1.75 bits per heavy atom. The van der Waals surface area contributed by atoms with Crippen LogP contribution in [0.15, 0.2) is 30.3 Å². The first-order valence-electron chi connectivity index (χ1n) is 12.4. The Balaban J connectivity index is 1.38. The molecule has 4 aliphatic carbocycles. The molecule has 1 heterocycles. The maximum atomic E-state index is 13.5. The van der Waals surface area contributed by atoms with E-state index in [0.717, 1.165) is 79.6 Å². The van der Waals surface area contributed by atoms with Crippen molar-refractivity contribution in [3.05, 3.63) is 41.6 Å². The molecule has 4 fully saturated rings. The molecule has 1 N–H and O–H groups in total. The van der Waals surface area contributed by atoms with Gasteiger partial charge in [-0.05, 0) is 76.0 Å². The zero-order valence-electron chi connectivity index (χ0n) is 19.1. The number of carbonyl (C=O) groups is 1. The van der Waals surface area contributed by atoms with Gasteiger partial charge < -0.3 is 5.32 Å². The topological polar surface area (TPSA) is 70.7 Å². The highest BCUT2D eigenvalue weighted by molar-refractivity contribution is 5.96. The average Bonchev–Trinajstić information content (AvgIpc) is 3.09. The maximum absolute atomic E-state index is 13.5. The second kappa shape index (κ2) is 8.73. The Labute approximate surface area is 191 Å². The molecule has 4 aliphatic rings. The minimum Gasteiger partial charge on any atom is -0.345 e. The lowest BCUT2D eigenvalue weighted by Gasteiger charge is -2.56. The van der Waals surface area contributed by atoms with Crippen LogP contribution in [0.1, 0.15) is 80.3 Å². The van der Waals surface area contributed by atoms with Crippen LogP contribution >= 0.6 is 0 Å². The summed E-state index contributed by atoms with van der Waals surface area (Å²) in [4.78, 5) is 13.5. The van der Waals surface area contributed by atoms with E-state index < -0.39 is 0 Å². The van der Waals surface area contributed by atoms with Crippen LogP contribution in [0, 0.1) is 36.0 Å². The average molecular weight is 431 g/mol. The number of amides is 1. The van der Waals surface area contributed by atoms with E-state index in [0.29, 0.717) is 12.1 Å². The molecule has 168 valence electrons. The molecular formula is C27H34N4O. The van der Waals surface area contributed by atoms with Gasteiger partial charge in [-0.15, -0.1) is 0 Å². The summed E-state index contributed by atoms with van der Waals surface area (Å²) in [5.74, 6) is 2.40. The summed E-state index contributed by atoms with van der Waals surface area (Å²) >= 11 is 0. The number of carbonyl (C=O) groups excluding carboxylic acids is 1. The van der Waals surface area contributed by atoms with E-state index in [2.05, 4.69) is 23.5 Å². The van der Waals surface area contributed by atoms with Crippen molar-refractivity contribution in [2.45, 2.75) is 83.2 Å². The van der Waals surface area contributed by atoms with Crippen molar-refractivity contribution in [3.8, 4) is 17.3 Å². The third-order valence-electron chi connectivity index (χ3n) is 8.03. The third kappa shape index (κ3) is 4.08. The van der Waals surface area contributed by atoms with Crippen LogP contribution in [0.4, 0.5) is 0 Å². The lowest BCUT2D eigenvalue weighted by atomic mass is 9.53. The molecule has 5 heteroatoms. The van der Waals surface area contributed by atoms with Gasteiger partial charge in [-0.25, -0.2) is 0 Å². The molecule has 1 aromatic heterocycles. The molecule has 1 amide bonds. The van der Waals surface area contributed by atoms with E-state index in [4.69, 9.17) is 10.4 Å². The molecule has 6 rings (SSSR count). The standard InChI is InChI=1S/C27H34N4O/c1-19-24(26(32)29-27-16-20-13-21(17-27)15-22(14-20)18-27)30-31(12-8-3-2-7-11-28)25(19)23-9-5-4-6-10-23/h4-6,9-10,20-22H,2-3,7-8,12-18H2,1H3,(H,29,32). The molecule has 0 atom stereocenters. The molecular weight excluding hydrogens is 396 g/mol. The van der Waals surface area contributed by atoms with Crippen molar-refractivity contribution in [2.24, 2.45) is 17.8 Å². The molecule has 5 nitrogen and oxygen atoms in total.